The van der Waals surface area contributed by atoms with Gasteiger partial charge in [-0.3, -0.25) is 9.89 Å². The molecule has 0 unspecified atom stereocenters. The number of thiazole rings is 1. The van der Waals surface area contributed by atoms with Crippen LogP contribution in [-0.2, 0) is 6.54 Å². The van der Waals surface area contributed by atoms with Crippen molar-refractivity contribution in [1.29, 1.82) is 0 Å². The zero-order valence-corrected chi connectivity index (χ0v) is 16.7. The van der Waals surface area contributed by atoms with Gasteiger partial charge in [0.05, 0.1) is 10.7 Å². The van der Waals surface area contributed by atoms with Crippen LogP contribution in [0.4, 0.5) is 0 Å². The number of rotatable bonds is 5. The van der Waals surface area contributed by atoms with E-state index in [-0.39, 0.29) is 5.54 Å². The number of aryl methyl sites for hydroxylation is 1. The molecule has 1 aliphatic rings. The maximum absolute atomic E-state index is 4.80. The largest absolute Gasteiger partial charge is 0.357 e. The van der Waals surface area contributed by atoms with Crippen molar-refractivity contribution in [3.63, 3.8) is 0 Å². The summed E-state index contributed by atoms with van der Waals surface area (Å²) in [6.07, 6.45) is 2.45. The van der Waals surface area contributed by atoms with Gasteiger partial charge in [-0.25, -0.2) is 4.98 Å². The van der Waals surface area contributed by atoms with E-state index < -0.39 is 0 Å². The maximum atomic E-state index is 4.80. The highest BCUT2D eigenvalue weighted by Crippen LogP contribution is 2.20. The fourth-order valence-corrected chi connectivity index (χ4v) is 3.52. The highest BCUT2D eigenvalue weighted by Gasteiger charge is 2.20. The summed E-state index contributed by atoms with van der Waals surface area (Å²) in [5.74, 6) is 1.62. The van der Waals surface area contributed by atoms with Crippen LogP contribution in [0.25, 0.3) is 0 Å². The van der Waals surface area contributed by atoms with E-state index in [1.54, 1.807) is 11.3 Å². The highest BCUT2D eigenvalue weighted by atomic mass is 32.1. The maximum Gasteiger partial charge on any atom is 0.191 e. The zero-order chi connectivity index (χ0) is 17.6. The molecule has 0 atom stereocenters. The molecule has 1 aromatic rings. The summed E-state index contributed by atoms with van der Waals surface area (Å²) < 4.78 is 0. The first-order valence-corrected chi connectivity index (χ1v) is 9.93. The van der Waals surface area contributed by atoms with Gasteiger partial charge in [-0.1, -0.05) is 0 Å². The lowest BCUT2D eigenvalue weighted by atomic mass is 9.97. The Labute approximate surface area is 151 Å². The number of nitrogens with one attached hydrogen (secondary N) is 2. The Morgan fingerprint density at radius 2 is 2.08 bits per heavy atom. The summed E-state index contributed by atoms with van der Waals surface area (Å²) in [5.41, 5.74) is 1.26. The third-order valence-corrected chi connectivity index (χ3v) is 4.93. The highest BCUT2D eigenvalue weighted by molar-refractivity contribution is 7.09. The molecule has 0 bridgehead atoms. The van der Waals surface area contributed by atoms with Gasteiger partial charge >= 0.3 is 0 Å². The Bertz CT molecular complexity index is 524. The van der Waals surface area contributed by atoms with Crippen molar-refractivity contribution in [1.82, 2.24) is 20.5 Å². The normalized spacial score (nSPS) is 18.0. The molecule has 1 aliphatic heterocycles. The lowest BCUT2D eigenvalue weighted by Gasteiger charge is -2.31. The number of hydrogen-bond acceptors (Lipinski definition) is 4. The van der Waals surface area contributed by atoms with Crippen LogP contribution in [0.3, 0.4) is 0 Å². The molecule has 1 aromatic heterocycles. The van der Waals surface area contributed by atoms with Gasteiger partial charge in [0.2, 0.25) is 0 Å². The Morgan fingerprint density at radius 3 is 2.62 bits per heavy atom. The van der Waals surface area contributed by atoms with Crippen LogP contribution in [-0.4, -0.2) is 47.6 Å². The van der Waals surface area contributed by atoms with Crippen molar-refractivity contribution < 1.29 is 0 Å². The predicted molar refractivity (Wildman–Crippen MR) is 104 cm³/mol. The second-order valence-corrected chi connectivity index (χ2v) is 8.73. The summed E-state index contributed by atoms with van der Waals surface area (Å²) >= 11 is 1.74. The molecule has 0 aromatic carbocycles. The van der Waals surface area contributed by atoms with E-state index >= 15 is 0 Å². The molecule has 2 heterocycles. The molecule has 0 spiro atoms. The van der Waals surface area contributed by atoms with E-state index in [1.165, 1.54) is 18.5 Å². The van der Waals surface area contributed by atoms with Crippen LogP contribution < -0.4 is 10.6 Å². The molecule has 5 nitrogen and oxygen atoms in total. The van der Waals surface area contributed by atoms with E-state index in [9.17, 15) is 0 Å². The van der Waals surface area contributed by atoms with Crippen molar-refractivity contribution in [2.75, 3.05) is 26.2 Å². The minimum absolute atomic E-state index is 0.0377. The van der Waals surface area contributed by atoms with Gasteiger partial charge in [0, 0.05) is 30.6 Å². The smallest absolute Gasteiger partial charge is 0.191 e. The van der Waals surface area contributed by atoms with Gasteiger partial charge in [-0.2, -0.15) is 0 Å². The quantitative estimate of drug-likeness (QED) is 0.632. The third kappa shape index (κ3) is 6.77. The summed E-state index contributed by atoms with van der Waals surface area (Å²) in [6.45, 7) is 15.8. The van der Waals surface area contributed by atoms with E-state index in [4.69, 9.17) is 4.99 Å². The SMILES string of the molecule is CCNC(=NCC1CCN(Cc2csc(C)n2)CC1)NC(C)(C)C. The molecule has 1 saturated heterocycles. The minimum Gasteiger partial charge on any atom is -0.357 e. The Kier molecular flexibility index (Phi) is 7.04. The number of aromatic nitrogens is 1. The molecular weight excluding hydrogens is 318 g/mol. The number of aliphatic imine (C=N–C) groups is 1. The lowest BCUT2D eigenvalue weighted by Crippen LogP contribution is -2.47. The third-order valence-electron chi connectivity index (χ3n) is 4.10. The first-order valence-electron chi connectivity index (χ1n) is 9.05. The molecule has 0 amide bonds. The second-order valence-electron chi connectivity index (χ2n) is 7.67. The monoisotopic (exact) mass is 351 g/mol. The molecule has 0 radical (unpaired) electrons. The van der Waals surface area contributed by atoms with Crippen LogP contribution in [0.2, 0.25) is 0 Å². The molecule has 136 valence electrons. The van der Waals surface area contributed by atoms with Gasteiger partial charge in [0.1, 0.15) is 0 Å². The van der Waals surface area contributed by atoms with Gasteiger partial charge < -0.3 is 10.6 Å². The topological polar surface area (TPSA) is 52.6 Å². The van der Waals surface area contributed by atoms with Crippen LogP contribution >= 0.6 is 11.3 Å². The van der Waals surface area contributed by atoms with Crippen molar-refractivity contribution in [3.05, 3.63) is 16.1 Å². The molecule has 24 heavy (non-hydrogen) atoms. The number of hydrogen-bond donors (Lipinski definition) is 2. The van der Waals surface area contributed by atoms with Gasteiger partial charge in [-0.15, -0.1) is 11.3 Å². The fourth-order valence-electron chi connectivity index (χ4n) is 2.92. The van der Waals surface area contributed by atoms with Crippen LogP contribution in [0, 0.1) is 12.8 Å². The molecule has 2 rings (SSSR count). The van der Waals surface area contributed by atoms with Crippen molar-refractivity contribution in [3.8, 4) is 0 Å². The number of guanidine groups is 1. The molecular formula is C18H33N5S. The summed E-state index contributed by atoms with van der Waals surface area (Å²) in [6, 6.07) is 0. The van der Waals surface area contributed by atoms with Crippen LogP contribution in [0.15, 0.2) is 10.4 Å². The second kappa shape index (κ2) is 8.81. The van der Waals surface area contributed by atoms with Crippen molar-refractivity contribution >= 4 is 17.3 Å². The summed E-state index contributed by atoms with van der Waals surface area (Å²) in [4.78, 5) is 11.9. The standard InChI is InChI=1S/C18H33N5S/c1-6-19-17(22-18(3,4)5)20-11-15-7-9-23(10-8-15)12-16-13-24-14(2)21-16/h13,15H,6-12H2,1-5H3,(H2,19,20,22). The summed E-state index contributed by atoms with van der Waals surface area (Å²) in [7, 11) is 0. The van der Waals surface area contributed by atoms with Crippen LogP contribution in [0.1, 0.15) is 51.2 Å². The number of piperidine rings is 1. The van der Waals surface area contributed by atoms with Crippen molar-refractivity contribution in [2.24, 2.45) is 10.9 Å². The molecule has 6 heteroatoms. The van der Waals surface area contributed by atoms with Gasteiger partial charge in [0.25, 0.3) is 0 Å². The van der Waals surface area contributed by atoms with Crippen molar-refractivity contribution in [2.45, 2.75) is 59.5 Å². The van der Waals surface area contributed by atoms with Gasteiger partial charge in [-0.05, 0) is 66.5 Å². The van der Waals surface area contributed by atoms with E-state index in [0.717, 1.165) is 43.7 Å². The molecule has 0 saturated carbocycles. The van der Waals surface area contributed by atoms with E-state index in [2.05, 4.69) is 60.5 Å². The lowest BCUT2D eigenvalue weighted by molar-refractivity contribution is 0.179. The summed E-state index contributed by atoms with van der Waals surface area (Å²) in [5, 5.41) is 10.2. The molecule has 2 N–H and O–H groups in total. The Morgan fingerprint density at radius 1 is 1.38 bits per heavy atom. The molecule has 1 fully saturated rings. The average molecular weight is 352 g/mol. The van der Waals surface area contributed by atoms with Crippen LogP contribution in [0.5, 0.6) is 0 Å². The Hall–Kier alpha value is -1.14. The number of likely N-dealkylation sites (tertiary alicyclic amines) is 1. The van der Waals surface area contributed by atoms with E-state index in [0.29, 0.717) is 5.92 Å². The fraction of sp³-hybridized carbons (Fsp3) is 0.778. The Balaban J connectivity index is 1.77. The first kappa shape index (κ1) is 19.2. The number of nitrogens with zero attached hydrogens (tertiary/aromatic N) is 3. The average Bonchev–Trinajstić information content (AvgIpc) is 2.90. The van der Waals surface area contributed by atoms with Gasteiger partial charge in [0.15, 0.2) is 5.96 Å². The van der Waals surface area contributed by atoms with E-state index in [1.807, 2.05) is 0 Å². The first-order chi connectivity index (χ1) is 11.4. The molecule has 0 aliphatic carbocycles. The predicted octanol–water partition coefficient (Wildman–Crippen LogP) is 3.02. The zero-order valence-electron chi connectivity index (χ0n) is 15.9. The minimum atomic E-state index is 0.0377.